The summed E-state index contributed by atoms with van der Waals surface area (Å²) >= 11 is 0. The Morgan fingerprint density at radius 1 is 1.50 bits per heavy atom. The Labute approximate surface area is 73.9 Å². The van der Waals surface area contributed by atoms with Crippen LogP contribution in [0.1, 0.15) is 20.3 Å². The molecule has 2 atom stereocenters. The van der Waals surface area contributed by atoms with Crippen molar-refractivity contribution in [3.8, 4) is 0 Å². The van der Waals surface area contributed by atoms with E-state index in [1.54, 1.807) is 0 Å². The molecule has 1 heterocycles. The van der Waals surface area contributed by atoms with Crippen LogP contribution in [0.5, 0.6) is 0 Å². The molecule has 1 N–H and O–H groups in total. The molecule has 64 valence electrons. The fourth-order valence-electron chi connectivity index (χ4n) is 2.03. The van der Waals surface area contributed by atoms with Gasteiger partial charge in [-0.2, -0.15) is 0 Å². The van der Waals surface area contributed by atoms with E-state index in [1.165, 1.54) is 12.0 Å². The molecule has 0 aromatic carbocycles. The lowest BCUT2D eigenvalue weighted by Crippen LogP contribution is -2.26. The van der Waals surface area contributed by atoms with Crippen LogP contribution in [-0.2, 0) is 0 Å². The van der Waals surface area contributed by atoms with Crippen LogP contribution in [0, 0.1) is 5.92 Å². The summed E-state index contributed by atoms with van der Waals surface area (Å²) in [6.07, 6.45) is 12.2. The van der Waals surface area contributed by atoms with E-state index in [2.05, 4.69) is 35.8 Å². The van der Waals surface area contributed by atoms with E-state index in [1.807, 2.05) is 13.8 Å². The molecule has 1 heteroatoms. The molecule has 1 aliphatic heterocycles. The van der Waals surface area contributed by atoms with Crippen molar-refractivity contribution in [3.63, 3.8) is 0 Å². The molecular formula is C11H15N. The second kappa shape index (κ2) is 2.51. The Bertz CT molecular complexity index is 273. The zero-order chi connectivity index (χ0) is 8.60. The normalized spacial score (nSPS) is 38.5. The van der Waals surface area contributed by atoms with Gasteiger partial charge in [-0.3, -0.25) is 0 Å². The predicted octanol–water partition coefficient (Wildman–Crippen LogP) is 2.38. The smallest absolute Gasteiger partial charge is 0.0690 e. The summed E-state index contributed by atoms with van der Waals surface area (Å²) in [6.45, 7) is 4.00. The average molecular weight is 161 g/mol. The highest BCUT2D eigenvalue weighted by Gasteiger charge is 2.56. The van der Waals surface area contributed by atoms with Gasteiger partial charge in [-0.1, -0.05) is 32.1 Å². The quantitative estimate of drug-likeness (QED) is 0.575. The highest BCUT2D eigenvalue weighted by molar-refractivity contribution is 5.51. The lowest BCUT2D eigenvalue weighted by Gasteiger charge is -2.13. The Kier molecular flexibility index (Phi) is 1.60. The van der Waals surface area contributed by atoms with Crippen LogP contribution in [0.4, 0.5) is 0 Å². The molecule has 12 heavy (non-hydrogen) atoms. The summed E-state index contributed by atoms with van der Waals surface area (Å²) in [6, 6.07) is 0. The van der Waals surface area contributed by atoms with Gasteiger partial charge < -0.3 is 5.32 Å². The molecule has 0 amide bonds. The molecule has 2 aliphatic carbocycles. The molecule has 1 spiro atoms. The number of hydrogen-bond donors (Lipinski definition) is 1. The van der Waals surface area contributed by atoms with Crippen molar-refractivity contribution in [3.05, 3.63) is 36.1 Å². The first kappa shape index (κ1) is 7.66. The average Bonchev–Trinajstić information content (AvgIpc) is 2.70. The van der Waals surface area contributed by atoms with Gasteiger partial charge in [0.05, 0.1) is 5.54 Å². The van der Waals surface area contributed by atoms with Crippen LogP contribution in [0.3, 0.4) is 0 Å². The zero-order valence-corrected chi connectivity index (χ0v) is 7.67. The van der Waals surface area contributed by atoms with Crippen LogP contribution in [-0.4, -0.2) is 5.54 Å². The van der Waals surface area contributed by atoms with Crippen molar-refractivity contribution < 1.29 is 0 Å². The molecular weight excluding hydrogens is 146 g/mol. The summed E-state index contributed by atoms with van der Waals surface area (Å²) < 4.78 is 0. The molecule has 1 fully saturated rings. The van der Waals surface area contributed by atoms with Crippen LogP contribution in [0.2, 0.25) is 0 Å². The van der Waals surface area contributed by atoms with Crippen LogP contribution in [0.15, 0.2) is 36.1 Å². The standard InChI is InChI=1S/C9H9N.C2H6/c1-2-7-4-5-10-9(7)6-8(9)3-1;1-2/h1-5,8,10H,6H2;1-2H3. The van der Waals surface area contributed by atoms with Gasteiger partial charge in [0.2, 0.25) is 0 Å². The number of nitrogens with one attached hydrogen (secondary N) is 1. The summed E-state index contributed by atoms with van der Waals surface area (Å²) in [5, 5.41) is 3.41. The fraction of sp³-hybridized carbons (Fsp3) is 0.455. The van der Waals surface area contributed by atoms with Crippen molar-refractivity contribution in [1.29, 1.82) is 0 Å². The SMILES string of the molecule is C1=CC2CC23NC=CC3=C1.CC. The number of allylic oxidation sites excluding steroid dienone is 2. The van der Waals surface area contributed by atoms with Gasteiger partial charge in [-0.05, 0) is 24.3 Å². The third kappa shape index (κ3) is 0.795. The van der Waals surface area contributed by atoms with Gasteiger partial charge >= 0.3 is 0 Å². The molecule has 3 rings (SSSR count). The summed E-state index contributed by atoms with van der Waals surface area (Å²) in [4.78, 5) is 0. The molecule has 2 unspecified atom stereocenters. The Morgan fingerprint density at radius 3 is 3.08 bits per heavy atom. The first-order chi connectivity index (χ1) is 5.92. The third-order valence-electron chi connectivity index (χ3n) is 2.75. The van der Waals surface area contributed by atoms with Crippen molar-refractivity contribution in [1.82, 2.24) is 5.32 Å². The van der Waals surface area contributed by atoms with Crippen LogP contribution < -0.4 is 5.32 Å². The summed E-state index contributed by atoms with van der Waals surface area (Å²) in [5.74, 6) is 0.780. The minimum absolute atomic E-state index is 0.370. The minimum Gasteiger partial charge on any atom is -0.381 e. The topological polar surface area (TPSA) is 12.0 Å². The molecule has 0 bridgehead atoms. The van der Waals surface area contributed by atoms with Crippen molar-refractivity contribution in [2.75, 3.05) is 0 Å². The Hall–Kier alpha value is -0.980. The fourth-order valence-corrected chi connectivity index (χ4v) is 2.03. The van der Waals surface area contributed by atoms with Crippen molar-refractivity contribution in [2.45, 2.75) is 25.8 Å². The van der Waals surface area contributed by atoms with Gasteiger partial charge in [-0.15, -0.1) is 0 Å². The van der Waals surface area contributed by atoms with E-state index in [0.717, 1.165) is 5.92 Å². The number of rotatable bonds is 0. The minimum atomic E-state index is 0.370. The van der Waals surface area contributed by atoms with Gasteiger partial charge in [0.25, 0.3) is 0 Å². The maximum atomic E-state index is 3.41. The molecule has 1 nitrogen and oxygen atoms in total. The first-order valence-corrected chi connectivity index (χ1v) is 4.75. The lowest BCUT2D eigenvalue weighted by atomic mass is 10.0. The third-order valence-corrected chi connectivity index (χ3v) is 2.75. The van der Waals surface area contributed by atoms with Gasteiger partial charge in [-0.25, -0.2) is 0 Å². The maximum Gasteiger partial charge on any atom is 0.0690 e. The Morgan fingerprint density at radius 2 is 2.33 bits per heavy atom. The molecule has 1 saturated carbocycles. The van der Waals surface area contributed by atoms with E-state index < -0.39 is 0 Å². The second-order valence-corrected chi connectivity index (χ2v) is 3.27. The number of hydrogen-bond acceptors (Lipinski definition) is 1. The maximum absolute atomic E-state index is 3.41. The zero-order valence-electron chi connectivity index (χ0n) is 7.67. The van der Waals surface area contributed by atoms with Gasteiger partial charge in [0.15, 0.2) is 0 Å². The van der Waals surface area contributed by atoms with Gasteiger partial charge in [0.1, 0.15) is 0 Å². The molecule has 3 aliphatic rings. The van der Waals surface area contributed by atoms with E-state index in [0.29, 0.717) is 5.54 Å². The van der Waals surface area contributed by atoms with Crippen molar-refractivity contribution >= 4 is 0 Å². The summed E-state index contributed by atoms with van der Waals surface area (Å²) in [7, 11) is 0. The second-order valence-electron chi connectivity index (χ2n) is 3.27. The van der Waals surface area contributed by atoms with E-state index in [9.17, 15) is 0 Å². The predicted molar refractivity (Wildman–Crippen MR) is 51.7 cm³/mol. The van der Waals surface area contributed by atoms with E-state index in [4.69, 9.17) is 0 Å². The molecule has 0 radical (unpaired) electrons. The highest BCUT2D eigenvalue weighted by Crippen LogP contribution is 2.53. The lowest BCUT2D eigenvalue weighted by molar-refractivity contribution is 0.670. The Balaban J connectivity index is 0.000000264. The summed E-state index contributed by atoms with van der Waals surface area (Å²) in [5.41, 5.74) is 1.84. The van der Waals surface area contributed by atoms with E-state index >= 15 is 0 Å². The van der Waals surface area contributed by atoms with Gasteiger partial charge in [0, 0.05) is 5.92 Å². The molecule has 0 aromatic rings. The first-order valence-electron chi connectivity index (χ1n) is 4.75. The molecule has 0 aromatic heterocycles. The molecule has 0 saturated heterocycles. The highest BCUT2D eigenvalue weighted by atomic mass is 15.1. The van der Waals surface area contributed by atoms with Crippen molar-refractivity contribution in [2.24, 2.45) is 5.92 Å². The largest absolute Gasteiger partial charge is 0.381 e. The van der Waals surface area contributed by atoms with E-state index in [-0.39, 0.29) is 0 Å². The van der Waals surface area contributed by atoms with Crippen LogP contribution >= 0.6 is 0 Å². The van der Waals surface area contributed by atoms with Crippen LogP contribution in [0.25, 0.3) is 0 Å². The monoisotopic (exact) mass is 161 g/mol.